The monoisotopic (exact) mass is 316 g/mol. The maximum Gasteiger partial charge on any atom is 0.497 e. The molecule has 0 rings (SSSR count). The first-order valence-electron chi connectivity index (χ1n) is 3.70. The van der Waals surface area contributed by atoms with Crippen LogP contribution in [0, 0.1) is 0 Å². The second-order valence-electron chi connectivity index (χ2n) is 2.50. The Hall–Kier alpha value is -0.860. The van der Waals surface area contributed by atoms with Gasteiger partial charge in [0.25, 0.3) is 0 Å². The summed E-state index contributed by atoms with van der Waals surface area (Å²) in [7, 11) is 0. The van der Waals surface area contributed by atoms with Gasteiger partial charge in [0.05, 0.1) is 0 Å². The van der Waals surface area contributed by atoms with Crippen molar-refractivity contribution in [1.82, 2.24) is 0 Å². The van der Waals surface area contributed by atoms with Crippen LogP contribution in [0.2, 0.25) is 0 Å². The molecule has 0 fully saturated rings. The highest BCUT2D eigenvalue weighted by Crippen LogP contribution is 2.42. The smallest absolute Gasteiger partial charge is 0.264 e. The Morgan fingerprint density at radius 2 is 1.16 bits per heavy atom. The van der Waals surface area contributed by atoms with E-state index in [1.54, 1.807) is 0 Å². The van der Waals surface area contributed by atoms with Gasteiger partial charge in [-0.05, 0) is 4.53 Å². The first kappa shape index (κ1) is 18.1. The Morgan fingerprint density at radius 3 is 1.53 bits per heavy atom. The molecular weight excluding hydrogens is 314 g/mol. The van der Waals surface area contributed by atoms with Crippen LogP contribution in [0.3, 0.4) is 0 Å². The molecule has 0 atom stereocenters. The molecule has 0 heterocycles. The fourth-order valence-electron chi connectivity index (χ4n) is 0.506. The number of alkyl halides is 9. The van der Waals surface area contributed by atoms with Crippen molar-refractivity contribution in [3.8, 4) is 0 Å². The maximum atomic E-state index is 12.3. The molecule has 14 heteroatoms. The Kier molecular flexibility index (Phi) is 5.38. The molecule has 0 unspecified atom stereocenters. The summed E-state index contributed by atoms with van der Waals surface area (Å²) in [6, 6.07) is 0. The Labute approximate surface area is 96.2 Å². The molecule has 4 nitrogen and oxygen atoms in total. The predicted octanol–water partition coefficient (Wildman–Crippen LogP) is 3.15. The summed E-state index contributed by atoms with van der Waals surface area (Å²) in [5, 5.41) is 0. The molecule has 0 aromatic rings. The van der Waals surface area contributed by atoms with Gasteiger partial charge in [-0.3, -0.25) is 4.74 Å². The first-order chi connectivity index (χ1) is 8.29. The second kappa shape index (κ2) is 5.64. The molecular formula is C5H2F10O4. The first-order valence-corrected chi connectivity index (χ1v) is 3.70. The van der Waals surface area contributed by atoms with Gasteiger partial charge in [0.1, 0.15) is 0 Å². The third-order valence-corrected chi connectivity index (χ3v) is 1.14. The number of hydrogen-bond acceptors (Lipinski definition) is 4. The van der Waals surface area contributed by atoms with Gasteiger partial charge in [0.15, 0.2) is 6.86 Å². The summed E-state index contributed by atoms with van der Waals surface area (Å²) in [4.78, 5) is 1.35. The number of hydrogen-bond donors (Lipinski definition) is 0. The Balaban J connectivity index is 4.86. The standard InChI is InChI=1S/C5H2F10O4/c6-1-16-4(11,12)18-5(13,14)17-2(7,8)3(9,10)19-15/h1H2. The summed E-state index contributed by atoms with van der Waals surface area (Å²) in [5.41, 5.74) is 0. The summed E-state index contributed by atoms with van der Waals surface area (Å²) >= 11 is 0. The van der Waals surface area contributed by atoms with Crippen molar-refractivity contribution in [3.05, 3.63) is 0 Å². The summed E-state index contributed by atoms with van der Waals surface area (Å²) in [6.45, 7) is -2.39. The highest BCUT2D eigenvalue weighted by atomic mass is 19.4. The van der Waals surface area contributed by atoms with Gasteiger partial charge in [0.2, 0.25) is 0 Å². The molecule has 0 aliphatic rings. The van der Waals surface area contributed by atoms with Crippen molar-refractivity contribution in [3.63, 3.8) is 0 Å². The van der Waals surface area contributed by atoms with Crippen LogP contribution < -0.4 is 0 Å². The van der Waals surface area contributed by atoms with E-state index in [9.17, 15) is 44.0 Å². The minimum absolute atomic E-state index is 1.35. The van der Waals surface area contributed by atoms with Gasteiger partial charge in [0, 0.05) is 0 Å². The molecule has 0 saturated heterocycles. The number of rotatable bonds is 8. The van der Waals surface area contributed by atoms with Gasteiger partial charge in [-0.15, -0.1) is 22.5 Å². The zero-order chi connectivity index (χ0) is 15.5. The molecule has 116 valence electrons. The van der Waals surface area contributed by atoms with E-state index in [0.29, 0.717) is 0 Å². The summed E-state index contributed by atoms with van der Waals surface area (Å²) < 4.78 is 126. The minimum Gasteiger partial charge on any atom is -0.264 e. The lowest BCUT2D eigenvalue weighted by Crippen LogP contribution is -2.50. The summed E-state index contributed by atoms with van der Waals surface area (Å²) in [6.07, 6.45) is -24.2. The van der Waals surface area contributed by atoms with Gasteiger partial charge in [-0.25, -0.2) is 13.9 Å². The average Bonchev–Trinajstić information content (AvgIpc) is 2.12. The van der Waals surface area contributed by atoms with Crippen LogP contribution in [0.5, 0.6) is 0 Å². The van der Waals surface area contributed by atoms with Crippen molar-refractivity contribution >= 4 is 0 Å². The van der Waals surface area contributed by atoms with Crippen molar-refractivity contribution in [2.24, 2.45) is 0 Å². The number of halogens is 10. The third-order valence-electron chi connectivity index (χ3n) is 1.14. The molecule has 0 N–H and O–H groups in total. The van der Waals surface area contributed by atoms with Crippen LogP contribution in [0.25, 0.3) is 0 Å². The quantitative estimate of drug-likeness (QED) is 0.509. The van der Waals surface area contributed by atoms with Crippen LogP contribution in [-0.4, -0.2) is 31.7 Å². The highest BCUT2D eigenvalue weighted by molar-refractivity contribution is 4.65. The third kappa shape index (κ3) is 5.33. The van der Waals surface area contributed by atoms with Crippen LogP contribution in [0.1, 0.15) is 0 Å². The van der Waals surface area contributed by atoms with E-state index in [1.165, 1.54) is 4.94 Å². The van der Waals surface area contributed by atoms with E-state index in [4.69, 9.17) is 0 Å². The topological polar surface area (TPSA) is 36.9 Å². The van der Waals surface area contributed by atoms with Crippen LogP contribution in [0.15, 0.2) is 0 Å². The molecule has 0 aliphatic heterocycles. The van der Waals surface area contributed by atoms with Crippen molar-refractivity contribution < 1.29 is 63.2 Å². The summed E-state index contributed by atoms with van der Waals surface area (Å²) in [5.74, 6) is 0. The van der Waals surface area contributed by atoms with Gasteiger partial charge < -0.3 is 0 Å². The van der Waals surface area contributed by atoms with E-state index in [1.807, 2.05) is 4.74 Å². The van der Waals surface area contributed by atoms with Crippen molar-refractivity contribution in [1.29, 1.82) is 0 Å². The molecule has 0 bridgehead atoms. The molecule has 0 aromatic carbocycles. The van der Waals surface area contributed by atoms with Crippen molar-refractivity contribution in [2.45, 2.75) is 24.8 Å². The van der Waals surface area contributed by atoms with Gasteiger partial charge >= 0.3 is 24.8 Å². The van der Waals surface area contributed by atoms with E-state index >= 15 is 0 Å². The molecule has 0 spiro atoms. The SMILES string of the molecule is FCOC(F)(F)OC(F)(F)OC(F)(F)C(F)(F)OF. The van der Waals surface area contributed by atoms with E-state index in [0.717, 1.165) is 0 Å². The average molecular weight is 316 g/mol. The normalized spacial score (nSPS) is 14.8. The van der Waals surface area contributed by atoms with Gasteiger partial charge in [-0.2, -0.15) is 17.6 Å². The molecule has 19 heavy (non-hydrogen) atoms. The lowest BCUT2D eigenvalue weighted by molar-refractivity contribution is -0.587. The molecule has 0 saturated carbocycles. The van der Waals surface area contributed by atoms with E-state index < -0.39 is 31.7 Å². The Bertz CT molecular complexity index is 294. The minimum atomic E-state index is -6.39. The zero-order valence-electron chi connectivity index (χ0n) is 8.12. The second-order valence-corrected chi connectivity index (χ2v) is 2.50. The van der Waals surface area contributed by atoms with Crippen LogP contribution in [0.4, 0.5) is 44.0 Å². The van der Waals surface area contributed by atoms with E-state index in [2.05, 4.69) is 9.47 Å². The molecule has 0 aliphatic carbocycles. The fraction of sp³-hybridized carbons (Fsp3) is 1.00. The van der Waals surface area contributed by atoms with Crippen LogP contribution in [-0.2, 0) is 19.2 Å². The van der Waals surface area contributed by atoms with Crippen molar-refractivity contribution in [2.75, 3.05) is 6.86 Å². The fourth-order valence-corrected chi connectivity index (χ4v) is 0.506. The molecule has 0 radical (unpaired) electrons. The number of ether oxygens (including phenoxy) is 3. The van der Waals surface area contributed by atoms with Crippen LogP contribution >= 0.6 is 0 Å². The Morgan fingerprint density at radius 1 is 0.684 bits per heavy atom. The zero-order valence-corrected chi connectivity index (χ0v) is 8.12. The predicted molar refractivity (Wildman–Crippen MR) is 31.2 cm³/mol. The van der Waals surface area contributed by atoms with Gasteiger partial charge in [-0.1, -0.05) is 0 Å². The largest absolute Gasteiger partial charge is 0.497 e. The highest BCUT2D eigenvalue weighted by Gasteiger charge is 2.67. The van der Waals surface area contributed by atoms with E-state index in [-0.39, 0.29) is 0 Å². The molecule has 0 amide bonds. The molecule has 0 aromatic heterocycles. The maximum absolute atomic E-state index is 12.3. The lowest BCUT2D eigenvalue weighted by atomic mass is 10.6. The lowest BCUT2D eigenvalue weighted by Gasteiger charge is -2.27.